The van der Waals surface area contributed by atoms with Crippen LogP contribution in [0.5, 0.6) is 0 Å². The van der Waals surface area contributed by atoms with Gasteiger partial charge in [0.05, 0.1) is 0 Å². The van der Waals surface area contributed by atoms with E-state index in [9.17, 15) is 4.79 Å². The van der Waals surface area contributed by atoms with Gasteiger partial charge in [-0.05, 0) is 12.8 Å². The van der Waals surface area contributed by atoms with Crippen molar-refractivity contribution >= 4 is 5.78 Å². The Bertz CT molecular complexity index is 139. The maximum Gasteiger partial charge on any atom is 0.138 e. The zero-order valence-corrected chi connectivity index (χ0v) is 8.64. The Morgan fingerprint density at radius 1 is 1.42 bits per heavy atom. The summed E-state index contributed by atoms with van der Waals surface area (Å²) in [6.07, 6.45) is 2.41. The molecule has 0 saturated carbocycles. The summed E-state index contributed by atoms with van der Waals surface area (Å²) in [5.74, 6) is 0.349. The fourth-order valence-electron chi connectivity index (χ4n) is 0.913. The predicted octanol–water partition coefficient (Wildman–Crippen LogP) is 2.42. The van der Waals surface area contributed by atoms with Crippen LogP contribution < -0.4 is 0 Å². The highest BCUT2D eigenvalue weighted by molar-refractivity contribution is 5.83. The first-order valence-corrected chi connectivity index (χ1v) is 4.57. The zero-order valence-electron chi connectivity index (χ0n) is 8.64. The number of ether oxygens (including phenoxy) is 1. The third kappa shape index (κ3) is 3.86. The summed E-state index contributed by atoms with van der Waals surface area (Å²) >= 11 is 0. The lowest BCUT2D eigenvalue weighted by molar-refractivity contribution is -0.127. The second kappa shape index (κ2) is 5.31. The molecule has 0 unspecified atom stereocenters. The Morgan fingerprint density at radius 2 is 2.00 bits per heavy atom. The summed E-state index contributed by atoms with van der Waals surface area (Å²) in [6.45, 7) is 6.74. The molecule has 0 rings (SSSR count). The van der Waals surface area contributed by atoms with Crippen LogP contribution in [0.4, 0.5) is 0 Å². The number of methoxy groups -OCH3 is 1. The summed E-state index contributed by atoms with van der Waals surface area (Å²) in [7, 11) is 1.66. The highest BCUT2D eigenvalue weighted by atomic mass is 16.5. The molecule has 0 spiro atoms. The molecule has 0 saturated heterocycles. The smallest absolute Gasteiger partial charge is 0.138 e. The summed E-state index contributed by atoms with van der Waals surface area (Å²) in [5.41, 5.74) is -0.145. The van der Waals surface area contributed by atoms with Gasteiger partial charge in [-0.25, -0.2) is 0 Å². The largest absolute Gasteiger partial charge is 0.385 e. The Kier molecular flexibility index (Phi) is 5.14. The van der Waals surface area contributed by atoms with Gasteiger partial charge in [-0.1, -0.05) is 20.8 Å². The second-order valence-corrected chi connectivity index (χ2v) is 3.76. The minimum absolute atomic E-state index is 0.145. The van der Waals surface area contributed by atoms with Crippen LogP contribution in [0, 0.1) is 5.41 Å². The molecule has 0 aliphatic heterocycles. The van der Waals surface area contributed by atoms with Gasteiger partial charge in [0.2, 0.25) is 0 Å². The molecule has 12 heavy (non-hydrogen) atoms. The monoisotopic (exact) mass is 172 g/mol. The van der Waals surface area contributed by atoms with Gasteiger partial charge < -0.3 is 4.74 Å². The van der Waals surface area contributed by atoms with Gasteiger partial charge in [0, 0.05) is 25.6 Å². The van der Waals surface area contributed by atoms with Crippen molar-refractivity contribution in [2.75, 3.05) is 13.7 Å². The van der Waals surface area contributed by atoms with Crippen LogP contribution in [0.15, 0.2) is 0 Å². The Hall–Kier alpha value is -0.370. The Balaban J connectivity index is 3.72. The van der Waals surface area contributed by atoms with E-state index < -0.39 is 0 Å². The number of ketones is 1. The van der Waals surface area contributed by atoms with Crippen molar-refractivity contribution < 1.29 is 9.53 Å². The minimum atomic E-state index is -0.145. The molecule has 2 nitrogen and oxygen atoms in total. The van der Waals surface area contributed by atoms with Crippen LogP contribution in [0.2, 0.25) is 0 Å². The third-order valence-corrected chi connectivity index (χ3v) is 2.39. The van der Waals surface area contributed by atoms with Gasteiger partial charge >= 0.3 is 0 Å². The summed E-state index contributed by atoms with van der Waals surface area (Å²) in [6, 6.07) is 0. The number of rotatable bonds is 6. The Labute approximate surface area is 75.3 Å². The molecular weight excluding hydrogens is 152 g/mol. The van der Waals surface area contributed by atoms with Crippen LogP contribution >= 0.6 is 0 Å². The number of carbonyl (C=O) groups excluding carboxylic acids is 1. The maximum absolute atomic E-state index is 11.5. The van der Waals surface area contributed by atoms with Gasteiger partial charge in [-0.3, -0.25) is 4.79 Å². The molecule has 0 radical (unpaired) electrons. The molecule has 0 aliphatic carbocycles. The molecule has 0 aromatic carbocycles. The number of Topliss-reactive ketones (excluding diaryl/α,β-unsaturated/α-hetero) is 1. The zero-order chi connectivity index (χ0) is 9.61. The molecule has 0 N–H and O–H groups in total. The van der Waals surface area contributed by atoms with Gasteiger partial charge in [-0.2, -0.15) is 0 Å². The number of hydrogen-bond acceptors (Lipinski definition) is 2. The standard InChI is InChI=1S/C10H20O2/c1-5-10(2,3)9(11)7-6-8-12-4/h5-8H2,1-4H3. The van der Waals surface area contributed by atoms with E-state index in [2.05, 4.69) is 0 Å². The minimum Gasteiger partial charge on any atom is -0.385 e. The number of carbonyl (C=O) groups is 1. The predicted molar refractivity (Wildman–Crippen MR) is 50.2 cm³/mol. The first-order chi connectivity index (χ1) is 5.54. The van der Waals surface area contributed by atoms with E-state index in [1.165, 1.54) is 0 Å². The molecule has 0 atom stereocenters. The van der Waals surface area contributed by atoms with Gasteiger partial charge in [0.25, 0.3) is 0 Å². The van der Waals surface area contributed by atoms with E-state index in [-0.39, 0.29) is 5.41 Å². The highest BCUT2D eigenvalue weighted by Crippen LogP contribution is 2.23. The Morgan fingerprint density at radius 3 is 2.42 bits per heavy atom. The van der Waals surface area contributed by atoms with E-state index in [0.717, 1.165) is 12.8 Å². The molecule has 2 heteroatoms. The van der Waals surface area contributed by atoms with Gasteiger partial charge in [-0.15, -0.1) is 0 Å². The van der Waals surface area contributed by atoms with Gasteiger partial charge in [0.1, 0.15) is 5.78 Å². The van der Waals surface area contributed by atoms with Crippen molar-refractivity contribution in [1.29, 1.82) is 0 Å². The normalized spacial score (nSPS) is 11.7. The van der Waals surface area contributed by atoms with Crippen molar-refractivity contribution in [2.45, 2.75) is 40.0 Å². The quantitative estimate of drug-likeness (QED) is 0.575. The molecule has 0 aromatic rings. The lowest BCUT2D eigenvalue weighted by Crippen LogP contribution is -2.23. The van der Waals surface area contributed by atoms with E-state index in [1.807, 2.05) is 20.8 Å². The van der Waals surface area contributed by atoms with E-state index in [4.69, 9.17) is 4.74 Å². The van der Waals surface area contributed by atoms with E-state index in [1.54, 1.807) is 7.11 Å². The van der Waals surface area contributed by atoms with Gasteiger partial charge in [0.15, 0.2) is 0 Å². The lowest BCUT2D eigenvalue weighted by atomic mass is 9.83. The molecule has 0 aliphatic rings. The molecule has 72 valence electrons. The van der Waals surface area contributed by atoms with Crippen molar-refractivity contribution in [2.24, 2.45) is 5.41 Å². The van der Waals surface area contributed by atoms with Crippen molar-refractivity contribution in [3.8, 4) is 0 Å². The molecule has 0 aromatic heterocycles. The van der Waals surface area contributed by atoms with Crippen molar-refractivity contribution in [3.05, 3.63) is 0 Å². The summed E-state index contributed by atoms with van der Waals surface area (Å²) in [5, 5.41) is 0. The topological polar surface area (TPSA) is 26.3 Å². The lowest BCUT2D eigenvalue weighted by Gasteiger charge is -2.20. The van der Waals surface area contributed by atoms with Crippen molar-refractivity contribution in [3.63, 3.8) is 0 Å². The second-order valence-electron chi connectivity index (χ2n) is 3.76. The fraction of sp³-hybridized carbons (Fsp3) is 0.900. The first-order valence-electron chi connectivity index (χ1n) is 4.57. The molecule has 0 bridgehead atoms. The van der Waals surface area contributed by atoms with Crippen LogP contribution in [-0.2, 0) is 9.53 Å². The average Bonchev–Trinajstić information content (AvgIpc) is 2.05. The van der Waals surface area contributed by atoms with Crippen LogP contribution in [0.1, 0.15) is 40.0 Å². The summed E-state index contributed by atoms with van der Waals surface area (Å²) < 4.78 is 4.89. The first kappa shape index (κ1) is 11.6. The van der Waals surface area contributed by atoms with Crippen molar-refractivity contribution in [1.82, 2.24) is 0 Å². The molecular formula is C10H20O2. The third-order valence-electron chi connectivity index (χ3n) is 2.39. The van der Waals surface area contributed by atoms with Crippen LogP contribution in [0.3, 0.4) is 0 Å². The van der Waals surface area contributed by atoms with Crippen LogP contribution in [0.25, 0.3) is 0 Å². The summed E-state index contributed by atoms with van der Waals surface area (Å²) in [4.78, 5) is 11.5. The highest BCUT2D eigenvalue weighted by Gasteiger charge is 2.23. The van der Waals surface area contributed by atoms with Crippen LogP contribution in [-0.4, -0.2) is 19.5 Å². The average molecular weight is 172 g/mol. The SMILES string of the molecule is CCC(C)(C)C(=O)CCCOC. The van der Waals surface area contributed by atoms with E-state index in [0.29, 0.717) is 18.8 Å². The molecule has 0 heterocycles. The fourth-order valence-corrected chi connectivity index (χ4v) is 0.913. The molecule has 0 amide bonds. The number of hydrogen-bond donors (Lipinski definition) is 0. The van der Waals surface area contributed by atoms with E-state index >= 15 is 0 Å². The maximum atomic E-state index is 11.5. The molecule has 0 fully saturated rings.